The van der Waals surface area contributed by atoms with Crippen LogP contribution in [0.15, 0.2) is 36.9 Å². The highest BCUT2D eigenvalue weighted by Gasteiger charge is 2.09. The van der Waals surface area contributed by atoms with Crippen molar-refractivity contribution in [2.75, 3.05) is 7.05 Å². The Kier molecular flexibility index (Phi) is 3.88. The molecule has 0 aliphatic carbocycles. The SMILES string of the molecule is CNC(CCc1cnn(C)c1)c1cccnc1. The fourth-order valence-corrected chi connectivity index (χ4v) is 1.97. The molecule has 0 fully saturated rings. The third kappa shape index (κ3) is 3.14. The van der Waals surface area contributed by atoms with Gasteiger partial charge in [-0.25, -0.2) is 0 Å². The van der Waals surface area contributed by atoms with Crippen molar-refractivity contribution in [1.29, 1.82) is 0 Å². The van der Waals surface area contributed by atoms with Gasteiger partial charge in [-0.2, -0.15) is 5.10 Å². The third-order valence-corrected chi connectivity index (χ3v) is 2.92. The number of pyridine rings is 1. The van der Waals surface area contributed by atoms with Crippen LogP contribution >= 0.6 is 0 Å². The summed E-state index contributed by atoms with van der Waals surface area (Å²) in [5.41, 5.74) is 2.51. The molecule has 1 atom stereocenters. The van der Waals surface area contributed by atoms with Crippen LogP contribution in [0.1, 0.15) is 23.6 Å². The van der Waals surface area contributed by atoms with Gasteiger partial charge in [-0.15, -0.1) is 0 Å². The lowest BCUT2D eigenvalue weighted by Gasteiger charge is -2.15. The van der Waals surface area contributed by atoms with Gasteiger partial charge in [-0.1, -0.05) is 6.07 Å². The van der Waals surface area contributed by atoms with E-state index < -0.39 is 0 Å². The predicted octanol–water partition coefficient (Wildman–Crippen LogP) is 1.71. The van der Waals surface area contributed by atoms with Gasteiger partial charge in [-0.05, 0) is 37.1 Å². The standard InChI is InChI=1S/C13H18N4/c1-14-13(12-4-3-7-15-9-12)6-5-11-8-16-17(2)10-11/h3-4,7-10,13-14H,5-6H2,1-2H3. The molecule has 0 saturated carbocycles. The monoisotopic (exact) mass is 230 g/mol. The van der Waals surface area contributed by atoms with Gasteiger partial charge in [0.1, 0.15) is 0 Å². The topological polar surface area (TPSA) is 42.7 Å². The number of nitrogens with zero attached hydrogens (tertiary/aromatic N) is 3. The molecule has 4 nitrogen and oxygen atoms in total. The molecule has 0 saturated heterocycles. The first-order valence-electron chi connectivity index (χ1n) is 5.84. The Balaban J connectivity index is 1.97. The van der Waals surface area contributed by atoms with Crippen molar-refractivity contribution in [3.63, 3.8) is 0 Å². The first-order valence-corrected chi connectivity index (χ1v) is 5.84. The van der Waals surface area contributed by atoms with Crippen molar-refractivity contribution in [3.8, 4) is 0 Å². The quantitative estimate of drug-likeness (QED) is 0.850. The van der Waals surface area contributed by atoms with E-state index in [0.717, 1.165) is 12.8 Å². The summed E-state index contributed by atoms with van der Waals surface area (Å²) in [5.74, 6) is 0. The lowest BCUT2D eigenvalue weighted by Crippen LogP contribution is -2.17. The summed E-state index contributed by atoms with van der Waals surface area (Å²) >= 11 is 0. The zero-order valence-electron chi connectivity index (χ0n) is 10.3. The second-order valence-electron chi connectivity index (χ2n) is 4.19. The second kappa shape index (κ2) is 5.59. The van der Waals surface area contributed by atoms with Crippen molar-refractivity contribution in [3.05, 3.63) is 48.0 Å². The molecule has 0 aliphatic rings. The Hall–Kier alpha value is -1.68. The fourth-order valence-electron chi connectivity index (χ4n) is 1.97. The molecule has 1 N–H and O–H groups in total. The normalized spacial score (nSPS) is 12.6. The molecular weight excluding hydrogens is 212 g/mol. The molecule has 0 radical (unpaired) electrons. The Labute approximate surface area is 102 Å². The Bertz CT molecular complexity index is 449. The Morgan fingerprint density at radius 1 is 1.41 bits per heavy atom. The Morgan fingerprint density at radius 3 is 2.88 bits per heavy atom. The number of hydrogen-bond donors (Lipinski definition) is 1. The highest BCUT2D eigenvalue weighted by Crippen LogP contribution is 2.17. The predicted molar refractivity (Wildman–Crippen MR) is 67.6 cm³/mol. The van der Waals surface area contributed by atoms with Gasteiger partial charge in [0.25, 0.3) is 0 Å². The van der Waals surface area contributed by atoms with Gasteiger partial charge in [0.2, 0.25) is 0 Å². The van der Waals surface area contributed by atoms with Crippen LogP contribution in [0.4, 0.5) is 0 Å². The van der Waals surface area contributed by atoms with E-state index in [2.05, 4.69) is 27.7 Å². The van der Waals surface area contributed by atoms with Gasteiger partial charge in [0.15, 0.2) is 0 Å². The van der Waals surface area contributed by atoms with Crippen LogP contribution in [0.3, 0.4) is 0 Å². The minimum atomic E-state index is 0.351. The summed E-state index contributed by atoms with van der Waals surface area (Å²) in [5, 5.41) is 7.51. The highest BCUT2D eigenvalue weighted by molar-refractivity contribution is 5.14. The number of aryl methyl sites for hydroxylation is 2. The van der Waals surface area contributed by atoms with E-state index >= 15 is 0 Å². The summed E-state index contributed by atoms with van der Waals surface area (Å²) in [6.45, 7) is 0. The third-order valence-electron chi connectivity index (χ3n) is 2.92. The molecule has 2 aromatic rings. The van der Waals surface area contributed by atoms with Gasteiger partial charge in [-0.3, -0.25) is 9.67 Å². The first kappa shape index (κ1) is 11.8. The average molecular weight is 230 g/mol. The van der Waals surface area contributed by atoms with Gasteiger partial charge >= 0.3 is 0 Å². The highest BCUT2D eigenvalue weighted by atomic mass is 15.2. The maximum Gasteiger partial charge on any atom is 0.0521 e. The minimum Gasteiger partial charge on any atom is -0.313 e. The van der Waals surface area contributed by atoms with Crippen LogP contribution in [-0.2, 0) is 13.5 Å². The van der Waals surface area contributed by atoms with E-state index in [1.807, 2.05) is 37.2 Å². The molecule has 2 aromatic heterocycles. The molecule has 2 rings (SSSR count). The molecule has 0 aliphatic heterocycles. The number of hydrogen-bond acceptors (Lipinski definition) is 3. The van der Waals surface area contributed by atoms with E-state index in [9.17, 15) is 0 Å². The van der Waals surface area contributed by atoms with Crippen molar-refractivity contribution < 1.29 is 0 Å². The van der Waals surface area contributed by atoms with Crippen LogP contribution in [0, 0.1) is 0 Å². The molecule has 4 heteroatoms. The van der Waals surface area contributed by atoms with Crippen LogP contribution < -0.4 is 5.32 Å². The molecule has 0 bridgehead atoms. The molecule has 0 spiro atoms. The van der Waals surface area contributed by atoms with Gasteiger partial charge in [0.05, 0.1) is 6.20 Å². The van der Waals surface area contributed by atoms with Gasteiger partial charge < -0.3 is 5.32 Å². The zero-order valence-corrected chi connectivity index (χ0v) is 10.3. The molecule has 1 unspecified atom stereocenters. The molecular formula is C13H18N4. The molecule has 2 heterocycles. The van der Waals surface area contributed by atoms with E-state index in [4.69, 9.17) is 0 Å². The molecule has 90 valence electrons. The van der Waals surface area contributed by atoms with Gasteiger partial charge in [0, 0.05) is 31.7 Å². The summed E-state index contributed by atoms with van der Waals surface area (Å²) < 4.78 is 1.84. The van der Waals surface area contributed by atoms with E-state index in [0.29, 0.717) is 6.04 Å². The van der Waals surface area contributed by atoms with Crippen molar-refractivity contribution in [2.24, 2.45) is 7.05 Å². The molecule has 0 aromatic carbocycles. The summed E-state index contributed by atoms with van der Waals surface area (Å²) in [7, 11) is 3.93. The zero-order chi connectivity index (χ0) is 12.1. The minimum absolute atomic E-state index is 0.351. The van der Waals surface area contributed by atoms with Crippen LogP contribution in [0.5, 0.6) is 0 Å². The smallest absolute Gasteiger partial charge is 0.0521 e. The first-order chi connectivity index (χ1) is 8.29. The molecule has 0 amide bonds. The lowest BCUT2D eigenvalue weighted by atomic mass is 10.0. The summed E-state index contributed by atoms with van der Waals surface area (Å²) in [6, 6.07) is 4.44. The van der Waals surface area contributed by atoms with E-state index in [-0.39, 0.29) is 0 Å². The fraction of sp³-hybridized carbons (Fsp3) is 0.385. The largest absolute Gasteiger partial charge is 0.313 e. The van der Waals surface area contributed by atoms with Crippen LogP contribution in [0.2, 0.25) is 0 Å². The van der Waals surface area contributed by atoms with Crippen molar-refractivity contribution in [1.82, 2.24) is 20.1 Å². The maximum atomic E-state index is 4.18. The van der Waals surface area contributed by atoms with Crippen LogP contribution in [0.25, 0.3) is 0 Å². The summed E-state index contributed by atoms with van der Waals surface area (Å²) in [6.07, 6.45) is 9.79. The second-order valence-corrected chi connectivity index (χ2v) is 4.19. The number of nitrogens with one attached hydrogen (secondary N) is 1. The molecule has 17 heavy (non-hydrogen) atoms. The van der Waals surface area contributed by atoms with E-state index in [1.165, 1.54) is 11.1 Å². The maximum absolute atomic E-state index is 4.18. The van der Waals surface area contributed by atoms with Crippen molar-refractivity contribution in [2.45, 2.75) is 18.9 Å². The van der Waals surface area contributed by atoms with E-state index in [1.54, 1.807) is 6.20 Å². The lowest BCUT2D eigenvalue weighted by molar-refractivity contribution is 0.547. The van der Waals surface area contributed by atoms with Crippen LogP contribution in [-0.4, -0.2) is 21.8 Å². The number of aromatic nitrogens is 3. The number of rotatable bonds is 5. The Morgan fingerprint density at radius 2 is 2.29 bits per heavy atom. The summed E-state index contributed by atoms with van der Waals surface area (Å²) in [4.78, 5) is 4.16. The van der Waals surface area contributed by atoms with Crippen molar-refractivity contribution >= 4 is 0 Å². The average Bonchev–Trinajstić information content (AvgIpc) is 2.77.